The minimum Gasteiger partial charge on any atom is -0.385 e. The Kier molecular flexibility index (Phi) is 5.25. The molecule has 0 aliphatic carbocycles. The number of hydrogen-bond acceptors (Lipinski definition) is 3. The second-order valence-corrected chi connectivity index (χ2v) is 4.41. The Balaban J connectivity index is 2.56. The van der Waals surface area contributed by atoms with E-state index in [1.807, 2.05) is 0 Å². The number of hydrogen-bond donors (Lipinski definition) is 1. The molecule has 0 atom stereocenters. The maximum absolute atomic E-state index is 10.6. The van der Waals surface area contributed by atoms with Crippen LogP contribution in [0.4, 0.5) is 11.4 Å². The summed E-state index contributed by atoms with van der Waals surface area (Å²) in [6, 6.07) is 4.98. The summed E-state index contributed by atoms with van der Waals surface area (Å²) in [7, 11) is 0. The van der Waals surface area contributed by atoms with Gasteiger partial charge in [-0.15, -0.1) is 0 Å². The van der Waals surface area contributed by atoms with E-state index in [0.717, 1.165) is 18.7 Å². The van der Waals surface area contributed by atoms with Gasteiger partial charge in [0, 0.05) is 18.3 Å². The molecule has 0 saturated heterocycles. The first-order valence-electron chi connectivity index (χ1n) is 5.33. The van der Waals surface area contributed by atoms with Gasteiger partial charge in [-0.2, -0.15) is 0 Å². The highest BCUT2D eigenvalue weighted by molar-refractivity contribution is 9.10. The number of nitro benzene ring substituents is 1. The van der Waals surface area contributed by atoms with Gasteiger partial charge in [0.15, 0.2) is 0 Å². The zero-order valence-electron chi connectivity index (χ0n) is 9.20. The first-order valence-corrected chi connectivity index (χ1v) is 6.12. The van der Waals surface area contributed by atoms with Crippen molar-refractivity contribution in [1.82, 2.24) is 0 Å². The average Bonchev–Trinajstić information content (AvgIpc) is 2.24. The van der Waals surface area contributed by atoms with Crippen molar-refractivity contribution in [2.24, 2.45) is 0 Å². The van der Waals surface area contributed by atoms with E-state index >= 15 is 0 Å². The molecule has 0 radical (unpaired) electrons. The predicted molar refractivity (Wildman–Crippen MR) is 68.8 cm³/mol. The van der Waals surface area contributed by atoms with E-state index in [9.17, 15) is 10.1 Å². The second kappa shape index (κ2) is 6.48. The first-order chi connectivity index (χ1) is 7.65. The lowest BCUT2D eigenvalue weighted by molar-refractivity contribution is -0.385. The van der Waals surface area contributed by atoms with Crippen LogP contribution in [-0.2, 0) is 0 Å². The van der Waals surface area contributed by atoms with Crippen LogP contribution in [0.5, 0.6) is 0 Å². The summed E-state index contributed by atoms with van der Waals surface area (Å²) in [5.74, 6) is 0. The Hall–Kier alpha value is -1.10. The number of benzene rings is 1. The van der Waals surface area contributed by atoms with Gasteiger partial charge in [0.1, 0.15) is 0 Å². The zero-order valence-corrected chi connectivity index (χ0v) is 10.8. The summed E-state index contributed by atoms with van der Waals surface area (Å²) in [6.45, 7) is 3.06. The van der Waals surface area contributed by atoms with Crippen molar-refractivity contribution in [1.29, 1.82) is 0 Å². The number of nitrogens with one attached hydrogen (secondary N) is 1. The summed E-state index contributed by atoms with van der Waals surface area (Å²) in [5, 5.41) is 13.8. The standard InChI is InChI=1S/C11H15BrN2O2/c1-2-3-4-7-13-9-5-6-11(14(15)16)10(12)8-9/h5-6,8,13H,2-4,7H2,1H3. The van der Waals surface area contributed by atoms with Crippen LogP contribution in [0.1, 0.15) is 26.2 Å². The van der Waals surface area contributed by atoms with Crippen LogP contribution in [0.3, 0.4) is 0 Å². The van der Waals surface area contributed by atoms with E-state index < -0.39 is 4.92 Å². The van der Waals surface area contributed by atoms with Crippen molar-refractivity contribution in [3.63, 3.8) is 0 Å². The van der Waals surface area contributed by atoms with Crippen LogP contribution >= 0.6 is 15.9 Å². The smallest absolute Gasteiger partial charge is 0.283 e. The zero-order chi connectivity index (χ0) is 12.0. The second-order valence-electron chi connectivity index (χ2n) is 3.56. The molecule has 0 unspecified atom stereocenters. The monoisotopic (exact) mass is 286 g/mol. The minimum absolute atomic E-state index is 0.0964. The van der Waals surface area contributed by atoms with Crippen molar-refractivity contribution in [3.8, 4) is 0 Å². The lowest BCUT2D eigenvalue weighted by atomic mass is 10.2. The van der Waals surface area contributed by atoms with E-state index in [-0.39, 0.29) is 5.69 Å². The Bertz CT molecular complexity index is 369. The first kappa shape index (κ1) is 13.0. The molecular formula is C11H15BrN2O2. The molecule has 16 heavy (non-hydrogen) atoms. The molecule has 0 spiro atoms. The fourth-order valence-electron chi connectivity index (χ4n) is 1.37. The fourth-order valence-corrected chi connectivity index (χ4v) is 1.90. The highest BCUT2D eigenvalue weighted by Crippen LogP contribution is 2.27. The Morgan fingerprint density at radius 1 is 1.44 bits per heavy atom. The molecule has 0 amide bonds. The normalized spacial score (nSPS) is 10.1. The molecule has 0 bridgehead atoms. The third kappa shape index (κ3) is 3.81. The van der Waals surface area contributed by atoms with E-state index in [2.05, 4.69) is 28.2 Å². The minimum atomic E-state index is -0.398. The molecule has 88 valence electrons. The maximum atomic E-state index is 10.6. The average molecular weight is 287 g/mol. The topological polar surface area (TPSA) is 55.2 Å². The molecule has 1 aromatic carbocycles. The summed E-state index contributed by atoms with van der Waals surface area (Å²) >= 11 is 3.19. The Morgan fingerprint density at radius 3 is 2.75 bits per heavy atom. The van der Waals surface area contributed by atoms with Crippen LogP contribution in [0, 0.1) is 10.1 Å². The SMILES string of the molecule is CCCCCNc1ccc([N+](=O)[O-])c(Br)c1. The van der Waals surface area contributed by atoms with Crippen LogP contribution < -0.4 is 5.32 Å². The van der Waals surface area contributed by atoms with Gasteiger partial charge in [0.25, 0.3) is 5.69 Å². The molecule has 0 aliphatic rings. The van der Waals surface area contributed by atoms with E-state index in [1.54, 1.807) is 12.1 Å². The molecule has 1 rings (SSSR count). The molecule has 0 aromatic heterocycles. The van der Waals surface area contributed by atoms with Crippen LogP contribution in [0.15, 0.2) is 22.7 Å². The summed E-state index contributed by atoms with van der Waals surface area (Å²) in [4.78, 5) is 10.2. The summed E-state index contributed by atoms with van der Waals surface area (Å²) < 4.78 is 0.512. The lowest BCUT2D eigenvalue weighted by Crippen LogP contribution is -2.01. The van der Waals surface area contributed by atoms with Gasteiger partial charge < -0.3 is 5.32 Å². The van der Waals surface area contributed by atoms with Crippen molar-refractivity contribution >= 4 is 27.3 Å². The number of nitro groups is 1. The van der Waals surface area contributed by atoms with E-state index in [1.165, 1.54) is 18.9 Å². The molecule has 4 nitrogen and oxygen atoms in total. The summed E-state index contributed by atoms with van der Waals surface area (Å²) in [5.41, 5.74) is 1.01. The predicted octanol–water partition coefficient (Wildman–Crippen LogP) is 3.96. The van der Waals surface area contributed by atoms with Gasteiger partial charge >= 0.3 is 0 Å². The van der Waals surface area contributed by atoms with Crippen molar-refractivity contribution in [3.05, 3.63) is 32.8 Å². The third-order valence-corrected chi connectivity index (χ3v) is 2.89. The molecule has 1 aromatic rings. The lowest BCUT2D eigenvalue weighted by Gasteiger charge is -2.06. The van der Waals surface area contributed by atoms with Gasteiger partial charge in [0.2, 0.25) is 0 Å². The van der Waals surface area contributed by atoms with Gasteiger partial charge in [-0.3, -0.25) is 10.1 Å². The van der Waals surface area contributed by atoms with Crippen LogP contribution in [0.2, 0.25) is 0 Å². The van der Waals surface area contributed by atoms with Crippen molar-refractivity contribution in [2.45, 2.75) is 26.2 Å². The molecular weight excluding hydrogens is 272 g/mol. The van der Waals surface area contributed by atoms with Gasteiger partial charge in [-0.05, 0) is 34.5 Å². The van der Waals surface area contributed by atoms with Gasteiger partial charge in [-0.25, -0.2) is 0 Å². The number of unbranched alkanes of at least 4 members (excludes halogenated alkanes) is 2. The molecule has 1 N–H and O–H groups in total. The summed E-state index contributed by atoms with van der Waals surface area (Å²) in [6.07, 6.45) is 3.50. The Morgan fingerprint density at radius 2 is 2.19 bits per heavy atom. The fraction of sp³-hybridized carbons (Fsp3) is 0.455. The van der Waals surface area contributed by atoms with Crippen LogP contribution in [0.25, 0.3) is 0 Å². The van der Waals surface area contributed by atoms with Gasteiger partial charge in [0.05, 0.1) is 9.40 Å². The Labute approximate surface area is 103 Å². The number of rotatable bonds is 6. The largest absolute Gasteiger partial charge is 0.385 e. The van der Waals surface area contributed by atoms with Crippen LogP contribution in [-0.4, -0.2) is 11.5 Å². The maximum Gasteiger partial charge on any atom is 0.283 e. The van der Waals surface area contributed by atoms with E-state index in [4.69, 9.17) is 0 Å². The molecule has 5 heteroatoms. The van der Waals surface area contributed by atoms with Crippen molar-refractivity contribution < 1.29 is 4.92 Å². The van der Waals surface area contributed by atoms with Gasteiger partial charge in [-0.1, -0.05) is 19.8 Å². The number of halogens is 1. The highest BCUT2D eigenvalue weighted by atomic mass is 79.9. The molecule has 0 fully saturated rings. The molecule has 0 aliphatic heterocycles. The molecule has 0 saturated carbocycles. The quantitative estimate of drug-likeness (QED) is 0.489. The van der Waals surface area contributed by atoms with Crippen molar-refractivity contribution in [2.75, 3.05) is 11.9 Å². The van der Waals surface area contributed by atoms with E-state index in [0.29, 0.717) is 4.47 Å². The molecule has 0 heterocycles. The highest BCUT2D eigenvalue weighted by Gasteiger charge is 2.10. The number of nitrogens with zero attached hydrogens (tertiary/aromatic N) is 1. The third-order valence-electron chi connectivity index (χ3n) is 2.25. The number of anilines is 1.